The Morgan fingerprint density at radius 2 is 1.77 bits per heavy atom. The first-order chi connectivity index (χ1) is 16.9. The van der Waals surface area contributed by atoms with Gasteiger partial charge in [0.25, 0.3) is 5.91 Å². The molecule has 1 amide bonds. The van der Waals surface area contributed by atoms with Crippen LogP contribution in [0.1, 0.15) is 35.7 Å². The number of nitrogens with one attached hydrogen (secondary N) is 1. The van der Waals surface area contributed by atoms with Gasteiger partial charge in [-0.25, -0.2) is 8.42 Å². The van der Waals surface area contributed by atoms with Gasteiger partial charge in [-0.15, -0.1) is 0 Å². The Bertz CT molecular complexity index is 1290. The smallest absolute Gasteiger partial charge is 0.255 e. The zero-order valence-electron chi connectivity index (χ0n) is 19.3. The molecular formula is C25H27N3O6S. The monoisotopic (exact) mass is 497 g/mol. The number of aromatic hydroxyl groups is 1. The van der Waals surface area contributed by atoms with Crippen LogP contribution in [0.3, 0.4) is 0 Å². The van der Waals surface area contributed by atoms with E-state index in [1.54, 1.807) is 30.6 Å². The lowest BCUT2D eigenvalue weighted by molar-refractivity contribution is 0.102. The Hall–Kier alpha value is -3.63. The Kier molecular flexibility index (Phi) is 7.52. The van der Waals surface area contributed by atoms with Crippen LogP contribution in [-0.2, 0) is 16.6 Å². The molecule has 0 atom stereocenters. The van der Waals surface area contributed by atoms with Gasteiger partial charge in [-0.3, -0.25) is 9.78 Å². The number of pyridine rings is 1. The number of hydrogen-bond donors (Lipinski definition) is 2. The summed E-state index contributed by atoms with van der Waals surface area (Å²) in [6.07, 6.45) is 4.98. The second kappa shape index (κ2) is 10.7. The first-order valence-electron chi connectivity index (χ1n) is 11.3. The van der Waals surface area contributed by atoms with Crippen molar-refractivity contribution in [3.8, 4) is 17.2 Å². The third-order valence-corrected chi connectivity index (χ3v) is 7.46. The molecule has 1 aliphatic rings. The molecule has 184 valence electrons. The minimum Gasteiger partial charge on any atom is -0.506 e. The number of nitrogens with zero attached hydrogens (tertiary/aromatic N) is 2. The normalized spacial score (nSPS) is 14.0. The highest BCUT2D eigenvalue weighted by Gasteiger charge is 2.28. The third-order valence-electron chi connectivity index (χ3n) is 5.57. The van der Waals surface area contributed by atoms with E-state index < -0.39 is 15.9 Å². The summed E-state index contributed by atoms with van der Waals surface area (Å²) >= 11 is 0. The summed E-state index contributed by atoms with van der Waals surface area (Å²) in [6.45, 7) is 3.42. The molecule has 2 N–H and O–H groups in total. The largest absolute Gasteiger partial charge is 0.506 e. The van der Waals surface area contributed by atoms with Gasteiger partial charge in [0.05, 0.1) is 17.2 Å². The van der Waals surface area contributed by atoms with Crippen molar-refractivity contribution in [2.24, 2.45) is 0 Å². The molecule has 2 aromatic carbocycles. The first-order valence-corrected chi connectivity index (χ1v) is 12.8. The number of rotatable bonds is 9. The highest BCUT2D eigenvalue weighted by Crippen LogP contribution is 2.32. The molecule has 2 heterocycles. The number of benzene rings is 2. The molecule has 1 saturated heterocycles. The van der Waals surface area contributed by atoms with Crippen molar-refractivity contribution in [2.45, 2.75) is 31.3 Å². The molecule has 3 aromatic rings. The molecule has 0 spiro atoms. The van der Waals surface area contributed by atoms with Gasteiger partial charge in [0.2, 0.25) is 10.0 Å². The number of carbonyl (C=O) groups is 1. The van der Waals surface area contributed by atoms with Gasteiger partial charge in [-0.05, 0) is 73.9 Å². The molecule has 0 bridgehead atoms. The summed E-state index contributed by atoms with van der Waals surface area (Å²) in [4.78, 5) is 16.9. The lowest BCUT2D eigenvalue weighted by atomic mass is 10.1. The molecule has 35 heavy (non-hydrogen) atoms. The van der Waals surface area contributed by atoms with E-state index in [4.69, 9.17) is 9.47 Å². The molecular weight excluding hydrogens is 470 g/mol. The summed E-state index contributed by atoms with van der Waals surface area (Å²) < 4.78 is 38.7. The predicted octanol–water partition coefficient (Wildman–Crippen LogP) is 3.80. The number of aromatic nitrogens is 1. The number of anilines is 1. The summed E-state index contributed by atoms with van der Waals surface area (Å²) in [7, 11) is -3.70. The van der Waals surface area contributed by atoms with Crippen molar-refractivity contribution >= 4 is 21.6 Å². The second-order valence-electron chi connectivity index (χ2n) is 7.98. The third kappa shape index (κ3) is 5.72. The van der Waals surface area contributed by atoms with Crippen LogP contribution in [0.4, 0.5) is 5.69 Å². The number of sulfonamides is 1. The quantitative estimate of drug-likeness (QED) is 0.432. The fourth-order valence-corrected chi connectivity index (χ4v) is 5.27. The van der Waals surface area contributed by atoms with Gasteiger partial charge in [0.1, 0.15) is 12.4 Å². The lowest BCUT2D eigenvalue weighted by Crippen LogP contribution is -2.28. The molecule has 0 saturated carbocycles. The van der Waals surface area contributed by atoms with Crippen LogP contribution in [0.25, 0.3) is 0 Å². The van der Waals surface area contributed by atoms with E-state index in [1.807, 2.05) is 19.1 Å². The standard InChI is InChI=1S/C25H27N3O6S/c1-2-33-24-15-19(5-8-23(24)34-17-18-9-11-26-12-10-18)25(30)27-21-16-20(6-7-22(21)29)35(31,32)28-13-3-4-14-28/h5-12,15-16,29H,2-4,13-14,17H2,1H3,(H,27,30). The Labute approximate surface area is 204 Å². The predicted molar refractivity (Wildman–Crippen MR) is 130 cm³/mol. The van der Waals surface area contributed by atoms with Crippen molar-refractivity contribution in [3.63, 3.8) is 0 Å². The molecule has 4 rings (SSSR count). The first kappa shape index (κ1) is 24.5. The highest BCUT2D eigenvalue weighted by atomic mass is 32.2. The van der Waals surface area contributed by atoms with Crippen molar-refractivity contribution in [1.29, 1.82) is 0 Å². The van der Waals surface area contributed by atoms with Crippen LogP contribution in [0.5, 0.6) is 17.2 Å². The second-order valence-corrected chi connectivity index (χ2v) is 9.92. The van der Waals surface area contributed by atoms with E-state index in [9.17, 15) is 18.3 Å². The van der Waals surface area contributed by atoms with E-state index in [0.29, 0.717) is 37.8 Å². The van der Waals surface area contributed by atoms with Crippen molar-refractivity contribution in [1.82, 2.24) is 9.29 Å². The average molecular weight is 498 g/mol. The van der Waals surface area contributed by atoms with Gasteiger partial charge in [0, 0.05) is 31.0 Å². The molecule has 10 heteroatoms. The number of hydrogen-bond acceptors (Lipinski definition) is 7. The lowest BCUT2D eigenvalue weighted by Gasteiger charge is -2.17. The number of phenols is 1. The highest BCUT2D eigenvalue weighted by molar-refractivity contribution is 7.89. The van der Waals surface area contributed by atoms with Gasteiger partial charge in [0.15, 0.2) is 11.5 Å². The van der Waals surface area contributed by atoms with Gasteiger partial charge in [-0.2, -0.15) is 4.31 Å². The van der Waals surface area contributed by atoms with Gasteiger partial charge in [-0.1, -0.05) is 0 Å². The van der Waals surface area contributed by atoms with Crippen LogP contribution >= 0.6 is 0 Å². The molecule has 0 aliphatic carbocycles. The summed E-state index contributed by atoms with van der Waals surface area (Å²) in [5.74, 6) is 0.101. The van der Waals surface area contributed by atoms with Crippen LogP contribution in [0.2, 0.25) is 0 Å². The molecule has 9 nitrogen and oxygen atoms in total. The van der Waals surface area contributed by atoms with E-state index in [0.717, 1.165) is 18.4 Å². The van der Waals surface area contributed by atoms with E-state index in [1.165, 1.54) is 22.5 Å². The topological polar surface area (TPSA) is 118 Å². The zero-order valence-corrected chi connectivity index (χ0v) is 20.1. The van der Waals surface area contributed by atoms with Crippen LogP contribution in [-0.4, -0.2) is 48.4 Å². The molecule has 1 aliphatic heterocycles. The summed E-state index contributed by atoms with van der Waals surface area (Å²) in [6, 6.07) is 12.3. The maximum absolute atomic E-state index is 12.9. The van der Waals surface area contributed by atoms with Crippen LogP contribution in [0.15, 0.2) is 65.8 Å². The van der Waals surface area contributed by atoms with Gasteiger partial charge < -0.3 is 19.9 Å². The number of phenolic OH excluding ortho intramolecular Hbond substituents is 1. The molecule has 0 radical (unpaired) electrons. The number of ether oxygens (including phenoxy) is 2. The fourth-order valence-electron chi connectivity index (χ4n) is 3.72. The van der Waals surface area contributed by atoms with E-state index in [2.05, 4.69) is 10.3 Å². The van der Waals surface area contributed by atoms with Crippen LogP contribution in [0, 0.1) is 0 Å². The maximum atomic E-state index is 12.9. The SMILES string of the molecule is CCOc1cc(C(=O)Nc2cc(S(=O)(=O)N3CCCC3)ccc2O)ccc1OCc1ccncc1. The van der Waals surface area contributed by atoms with E-state index in [-0.39, 0.29) is 21.9 Å². The minimum absolute atomic E-state index is 0.00578. The average Bonchev–Trinajstić information content (AvgIpc) is 3.41. The van der Waals surface area contributed by atoms with Crippen molar-refractivity contribution in [2.75, 3.05) is 25.0 Å². The molecule has 0 unspecified atom stereocenters. The number of carbonyl (C=O) groups excluding carboxylic acids is 1. The Balaban J connectivity index is 1.52. The maximum Gasteiger partial charge on any atom is 0.255 e. The minimum atomic E-state index is -3.70. The fraction of sp³-hybridized carbons (Fsp3) is 0.280. The van der Waals surface area contributed by atoms with Gasteiger partial charge >= 0.3 is 0 Å². The zero-order chi connectivity index (χ0) is 24.8. The van der Waals surface area contributed by atoms with Crippen molar-refractivity contribution < 1.29 is 27.8 Å². The molecule has 1 fully saturated rings. The van der Waals surface area contributed by atoms with Crippen LogP contribution < -0.4 is 14.8 Å². The molecule has 1 aromatic heterocycles. The van der Waals surface area contributed by atoms with Crippen molar-refractivity contribution in [3.05, 3.63) is 72.1 Å². The summed E-state index contributed by atoms with van der Waals surface area (Å²) in [5, 5.41) is 12.9. The Morgan fingerprint density at radius 1 is 1.03 bits per heavy atom. The Morgan fingerprint density at radius 3 is 2.49 bits per heavy atom. The summed E-state index contributed by atoms with van der Waals surface area (Å²) in [5.41, 5.74) is 1.20. The van der Waals surface area contributed by atoms with E-state index >= 15 is 0 Å². The number of amides is 1.